The van der Waals surface area contributed by atoms with E-state index in [9.17, 15) is 9.59 Å². The summed E-state index contributed by atoms with van der Waals surface area (Å²) in [4.78, 5) is 26.4. The molecule has 0 saturated carbocycles. The van der Waals surface area contributed by atoms with Crippen LogP contribution in [0.3, 0.4) is 0 Å². The van der Waals surface area contributed by atoms with Gasteiger partial charge in [-0.05, 0) is 18.2 Å². The van der Waals surface area contributed by atoms with Gasteiger partial charge in [-0.15, -0.1) is 11.3 Å². The Morgan fingerprint density at radius 3 is 2.76 bits per heavy atom. The van der Waals surface area contributed by atoms with Crippen LogP contribution >= 0.6 is 34.5 Å². The lowest BCUT2D eigenvalue weighted by molar-refractivity contribution is -0.118. The average molecular weight is 346 g/mol. The third-order valence-electron chi connectivity index (χ3n) is 2.26. The van der Waals surface area contributed by atoms with Crippen LogP contribution in [0, 0.1) is 0 Å². The molecule has 0 spiro atoms. The number of ether oxygens (including phenoxy) is 1. The monoisotopic (exact) mass is 345 g/mol. The first-order chi connectivity index (χ1) is 9.95. The lowest BCUT2D eigenvalue weighted by Crippen LogP contribution is -2.20. The van der Waals surface area contributed by atoms with Gasteiger partial charge in [-0.3, -0.25) is 14.9 Å². The van der Waals surface area contributed by atoms with E-state index in [2.05, 4.69) is 10.3 Å². The summed E-state index contributed by atoms with van der Waals surface area (Å²) in [6.07, 6.45) is 0. The van der Waals surface area contributed by atoms with Crippen molar-refractivity contribution in [2.24, 2.45) is 5.73 Å². The first-order valence-electron chi connectivity index (χ1n) is 5.58. The van der Waals surface area contributed by atoms with E-state index in [1.165, 1.54) is 11.4 Å². The maximum absolute atomic E-state index is 11.7. The van der Waals surface area contributed by atoms with Crippen molar-refractivity contribution in [3.8, 4) is 5.75 Å². The molecule has 0 fully saturated rings. The molecule has 0 bridgehead atoms. The highest BCUT2D eigenvalue weighted by Crippen LogP contribution is 2.27. The second-order valence-corrected chi connectivity index (χ2v) is 5.52. The Bertz CT molecular complexity index is 690. The van der Waals surface area contributed by atoms with Gasteiger partial charge in [-0.25, -0.2) is 4.98 Å². The minimum atomic E-state index is -0.657. The number of thiazole rings is 1. The molecule has 0 saturated heterocycles. The van der Waals surface area contributed by atoms with Gasteiger partial charge in [0.05, 0.1) is 5.02 Å². The van der Waals surface area contributed by atoms with E-state index in [0.29, 0.717) is 15.8 Å². The summed E-state index contributed by atoms with van der Waals surface area (Å²) in [5.41, 5.74) is 5.16. The molecule has 110 valence electrons. The van der Waals surface area contributed by atoms with Crippen LogP contribution in [0.15, 0.2) is 23.6 Å². The molecule has 0 aliphatic rings. The van der Waals surface area contributed by atoms with Crippen molar-refractivity contribution in [3.05, 3.63) is 39.3 Å². The summed E-state index contributed by atoms with van der Waals surface area (Å²) in [6.45, 7) is -0.257. The standard InChI is InChI=1S/C12H9Cl2N3O3S/c13-6-1-2-9(7(14)3-6)20-4-10(18)17-12-16-8(5-21-12)11(15)19/h1-3,5H,4H2,(H2,15,19)(H,16,17,18). The van der Waals surface area contributed by atoms with Crippen LogP contribution in [0.1, 0.15) is 10.5 Å². The molecule has 0 aliphatic heterocycles. The number of rotatable bonds is 5. The van der Waals surface area contributed by atoms with Crippen LogP contribution in [-0.4, -0.2) is 23.4 Å². The molecule has 0 radical (unpaired) electrons. The fourth-order valence-corrected chi connectivity index (χ4v) is 2.51. The van der Waals surface area contributed by atoms with E-state index in [1.54, 1.807) is 12.1 Å². The summed E-state index contributed by atoms with van der Waals surface area (Å²) in [5.74, 6) is -0.754. The Labute approximate surface area is 133 Å². The molecular weight excluding hydrogens is 337 g/mol. The zero-order valence-corrected chi connectivity index (χ0v) is 12.8. The molecule has 1 heterocycles. The fourth-order valence-electron chi connectivity index (χ4n) is 1.34. The number of carbonyl (C=O) groups excluding carboxylic acids is 2. The highest BCUT2D eigenvalue weighted by atomic mass is 35.5. The first kappa shape index (κ1) is 15.6. The normalized spacial score (nSPS) is 10.2. The third kappa shape index (κ3) is 4.32. The SMILES string of the molecule is NC(=O)c1csc(NC(=O)COc2ccc(Cl)cc2Cl)n1. The van der Waals surface area contributed by atoms with Crippen molar-refractivity contribution in [1.82, 2.24) is 4.98 Å². The van der Waals surface area contributed by atoms with Crippen LogP contribution < -0.4 is 15.8 Å². The topological polar surface area (TPSA) is 94.3 Å². The van der Waals surface area contributed by atoms with Gasteiger partial charge in [0.2, 0.25) is 0 Å². The largest absolute Gasteiger partial charge is 0.482 e. The molecule has 2 aromatic rings. The molecule has 1 aromatic heterocycles. The fraction of sp³-hybridized carbons (Fsp3) is 0.0833. The highest BCUT2D eigenvalue weighted by Gasteiger charge is 2.11. The van der Waals surface area contributed by atoms with Crippen molar-refractivity contribution in [2.45, 2.75) is 0 Å². The maximum Gasteiger partial charge on any atom is 0.268 e. The number of hydrogen-bond acceptors (Lipinski definition) is 5. The number of aromatic nitrogens is 1. The number of amides is 2. The number of carbonyl (C=O) groups is 2. The number of nitrogens with zero attached hydrogens (tertiary/aromatic N) is 1. The predicted octanol–water partition coefficient (Wildman–Crippen LogP) is 2.57. The number of anilines is 1. The number of nitrogens with two attached hydrogens (primary N) is 1. The second-order valence-electron chi connectivity index (χ2n) is 3.81. The van der Waals surface area contributed by atoms with Crippen LogP contribution in [0.25, 0.3) is 0 Å². The number of halogens is 2. The Morgan fingerprint density at radius 1 is 1.38 bits per heavy atom. The number of hydrogen-bond donors (Lipinski definition) is 2. The summed E-state index contributed by atoms with van der Waals surface area (Å²) >= 11 is 12.7. The van der Waals surface area contributed by atoms with Crippen molar-refractivity contribution < 1.29 is 14.3 Å². The molecule has 0 aliphatic carbocycles. The minimum Gasteiger partial charge on any atom is -0.482 e. The third-order valence-corrected chi connectivity index (χ3v) is 3.54. The molecule has 1 aromatic carbocycles. The minimum absolute atomic E-state index is 0.0944. The second kappa shape index (κ2) is 6.75. The lowest BCUT2D eigenvalue weighted by Gasteiger charge is -2.07. The zero-order chi connectivity index (χ0) is 15.4. The smallest absolute Gasteiger partial charge is 0.268 e. The van der Waals surface area contributed by atoms with Gasteiger partial charge >= 0.3 is 0 Å². The quantitative estimate of drug-likeness (QED) is 0.870. The van der Waals surface area contributed by atoms with Crippen LogP contribution in [0.2, 0.25) is 10.0 Å². The van der Waals surface area contributed by atoms with Gasteiger partial charge in [-0.2, -0.15) is 0 Å². The molecule has 2 rings (SSSR count). The molecular formula is C12H9Cl2N3O3S. The summed E-state index contributed by atoms with van der Waals surface area (Å²) in [5, 5.41) is 4.98. The predicted molar refractivity (Wildman–Crippen MR) is 81.2 cm³/mol. The van der Waals surface area contributed by atoms with E-state index >= 15 is 0 Å². The van der Waals surface area contributed by atoms with Gasteiger partial charge in [0, 0.05) is 10.4 Å². The highest BCUT2D eigenvalue weighted by molar-refractivity contribution is 7.14. The van der Waals surface area contributed by atoms with E-state index < -0.39 is 11.8 Å². The Morgan fingerprint density at radius 2 is 2.14 bits per heavy atom. The van der Waals surface area contributed by atoms with E-state index in [-0.39, 0.29) is 17.4 Å². The number of nitrogens with one attached hydrogen (secondary N) is 1. The lowest BCUT2D eigenvalue weighted by atomic mass is 10.3. The molecule has 0 atom stereocenters. The Kier molecular flexibility index (Phi) is 5.00. The number of benzene rings is 1. The van der Waals surface area contributed by atoms with Crippen LogP contribution in [-0.2, 0) is 4.79 Å². The van der Waals surface area contributed by atoms with E-state index in [0.717, 1.165) is 11.3 Å². The summed E-state index contributed by atoms with van der Waals surface area (Å²) in [6, 6.07) is 4.67. The van der Waals surface area contributed by atoms with Gasteiger partial charge in [0.1, 0.15) is 11.4 Å². The molecule has 0 unspecified atom stereocenters. The van der Waals surface area contributed by atoms with Crippen molar-refractivity contribution in [3.63, 3.8) is 0 Å². The zero-order valence-electron chi connectivity index (χ0n) is 10.4. The molecule has 6 nitrogen and oxygen atoms in total. The van der Waals surface area contributed by atoms with Gasteiger partial charge < -0.3 is 10.5 Å². The van der Waals surface area contributed by atoms with Gasteiger partial charge in [0.15, 0.2) is 11.7 Å². The molecule has 3 N–H and O–H groups in total. The van der Waals surface area contributed by atoms with Crippen LogP contribution in [0.5, 0.6) is 5.75 Å². The Hall–Kier alpha value is -1.83. The van der Waals surface area contributed by atoms with E-state index in [1.807, 2.05) is 0 Å². The molecule has 2 amide bonds. The van der Waals surface area contributed by atoms with Crippen LogP contribution in [0.4, 0.5) is 5.13 Å². The first-order valence-corrected chi connectivity index (χ1v) is 7.22. The molecule has 21 heavy (non-hydrogen) atoms. The summed E-state index contributed by atoms with van der Waals surface area (Å²) < 4.78 is 5.26. The van der Waals surface area contributed by atoms with Crippen molar-refractivity contribution >= 4 is 51.5 Å². The maximum atomic E-state index is 11.7. The van der Waals surface area contributed by atoms with Gasteiger partial charge in [0.25, 0.3) is 11.8 Å². The van der Waals surface area contributed by atoms with Gasteiger partial charge in [-0.1, -0.05) is 23.2 Å². The molecule has 9 heteroatoms. The number of primary amides is 1. The average Bonchev–Trinajstić information content (AvgIpc) is 2.86. The van der Waals surface area contributed by atoms with E-state index in [4.69, 9.17) is 33.7 Å². The van der Waals surface area contributed by atoms with Crippen molar-refractivity contribution in [1.29, 1.82) is 0 Å². The van der Waals surface area contributed by atoms with Crippen molar-refractivity contribution in [2.75, 3.05) is 11.9 Å². The Balaban J connectivity index is 1.91. The summed E-state index contributed by atoms with van der Waals surface area (Å²) in [7, 11) is 0.